The summed E-state index contributed by atoms with van der Waals surface area (Å²) < 4.78 is 35.2. The number of methoxy groups -OCH3 is 1. The van der Waals surface area contributed by atoms with Crippen molar-refractivity contribution in [2.45, 2.75) is 13.5 Å². The van der Waals surface area contributed by atoms with E-state index in [4.69, 9.17) is 30.2 Å². The number of esters is 1. The van der Waals surface area contributed by atoms with E-state index in [-0.39, 0.29) is 46.0 Å². The molecule has 6 nitrogen and oxygen atoms in total. The minimum absolute atomic E-state index is 0.0729. The zero-order chi connectivity index (χ0) is 24.2. The SMILES string of the molecule is CCOC(=O)c1oc2cc(OCc3ccc(F)cc3Cl)ccc2c(=O)c1-c1ccc(OC)cc1. The minimum Gasteiger partial charge on any atom is -0.497 e. The molecule has 3 aromatic carbocycles. The van der Waals surface area contributed by atoms with Crippen molar-refractivity contribution in [2.24, 2.45) is 0 Å². The lowest BCUT2D eigenvalue weighted by Gasteiger charge is -2.12. The van der Waals surface area contributed by atoms with Gasteiger partial charge in [0, 0.05) is 11.6 Å². The summed E-state index contributed by atoms with van der Waals surface area (Å²) in [6.45, 7) is 1.85. The zero-order valence-corrected chi connectivity index (χ0v) is 19.1. The van der Waals surface area contributed by atoms with E-state index in [1.807, 2.05) is 0 Å². The van der Waals surface area contributed by atoms with Gasteiger partial charge in [-0.1, -0.05) is 29.8 Å². The van der Waals surface area contributed by atoms with Crippen LogP contribution in [0.1, 0.15) is 23.0 Å². The average Bonchev–Trinajstić information content (AvgIpc) is 2.83. The summed E-state index contributed by atoms with van der Waals surface area (Å²) >= 11 is 6.05. The third-order valence-corrected chi connectivity index (χ3v) is 5.46. The van der Waals surface area contributed by atoms with Crippen LogP contribution in [-0.2, 0) is 11.3 Å². The van der Waals surface area contributed by atoms with Crippen LogP contribution in [0, 0.1) is 5.82 Å². The molecule has 0 saturated heterocycles. The van der Waals surface area contributed by atoms with Crippen molar-refractivity contribution in [1.29, 1.82) is 0 Å². The molecule has 0 bridgehead atoms. The number of carbonyl (C=O) groups is 1. The fourth-order valence-electron chi connectivity index (χ4n) is 3.42. The van der Waals surface area contributed by atoms with Crippen molar-refractivity contribution in [3.8, 4) is 22.6 Å². The van der Waals surface area contributed by atoms with Gasteiger partial charge in [-0.2, -0.15) is 0 Å². The molecule has 4 aromatic rings. The highest BCUT2D eigenvalue weighted by molar-refractivity contribution is 6.31. The van der Waals surface area contributed by atoms with Gasteiger partial charge in [0.15, 0.2) is 0 Å². The van der Waals surface area contributed by atoms with Crippen LogP contribution in [0.2, 0.25) is 5.02 Å². The first kappa shape index (κ1) is 23.3. The Bertz CT molecular complexity index is 1410. The largest absolute Gasteiger partial charge is 0.497 e. The van der Waals surface area contributed by atoms with E-state index >= 15 is 0 Å². The van der Waals surface area contributed by atoms with Crippen molar-refractivity contribution in [1.82, 2.24) is 0 Å². The fraction of sp³-hybridized carbons (Fsp3) is 0.154. The summed E-state index contributed by atoms with van der Waals surface area (Å²) in [6, 6.07) is 15.4. The number of benzene rings is 3. The maximum Gasteiger partial charge on any atom is 0.375 e. The molecule has 34 heavy (non-hydrogen) atoms. The van der Waals surface area contributed by atoms with E-state index in [0.717, 1.165) is 0 Å². The molecule has 0 aliphatic carbocycles. The molecule has 0 aliphatic rings. The van der Waals surface area contributed by atoms with E-state index in [9.17, 15) is 14.0 Å². The first-order chi connectivity index (χ1) is 16.4. The molecule has 0 fully saturated rings. The summed E-state index contributed by atoms with van der Waals surface area (Å²) in [5, 5.41) is 0.507. The summed E-state index contributed by atoms with van der Waals surface area (Å²) in [6.07, 6.45) is 0. The van der Waals surface area contributed by atoms with Crippen LogP contribution in [0.25, 0.3) is 22.1 Å². The quantitative estimate of drug-likeness (QED) is 0.300. The van der Waals surface area contributed by atoms with Crippen LogP contribution in [0.4, 0.5) is 4.39 Å². The van der Waals surface area contributed by atoms with E-state index in [2.05, 4.69) is 0 Å². The molecule has 0 N–H and O–H groups in total. The van der Waals surface area contributed by atoms with Gasteiger partial charge < -0.3 is 18.6 Å². The minimum atomic E-state index is -0.753. The van der Waals surface area contributed by atoms with Gasteiger partial charge in [-0.3, -0.25) is 4.79 Å². The predicted octanol–water partition coefficient (Wildman–Crippen LogP) is 6.02. The molecule has 4 rings (SSSR count). The molecule has 0 amide bonds. The number of halogens is 2. The number of carbonyl (C=O) groups excluding carboxylic acids is 1. The Labute approximate surface area is 199 Å². The Kier molecular flexibility index (Phi) is 6.84. The Hall–Kier alpha value is -3.84. The second kappa shape index (κ2) is 9.97. The molecule has 0 radical (unpaired) electrons. The summed E-state index contributed by atoms with van der Waals surface area (Å²) in [5.74, 6) is -0.418. The van der Waals surface area contributed by atoms with E-state index in [0.29, 0.717) is 22.6 Å². The monoisotopic (exact) mass is 482 g/mol. The zero-order valence-electron chi connectivity index (χ0n) is 18.4. The fourth-order valence-corrected chi connectivity index (χ4v) is 3.65. The van der Waals surface area contributed by atoms with Crippen LogP contribution in [-0.4, -0.2) is 19.7 Å². The highest BCUT2D eigenvalue weighted by Gasteiger charge is 2.23. The lowest BCUT2D eigenvalue weighted by molar-refractivity contribution is 0.0492. The molecule has 0 atom stereocenters. The van der Waals surface area contributed by atoms with E-state index in [1.165, 1.54) is 31.4 Å². The lowest BCUT2D eigenvalue weighted by atomic mass is 10.0. The van der Waals surface area contributed by atoms with Gasteiger partial charge >= 0.3 is 5.97 Å². The van der Waals surface area contributed by atoms with Crippen molar-refractivity contribution in [3.05, 3.63) is 93.1 Å². The number of fused-ring (bicyclic) bond motifs is 1. The highest BCUT2D eigenvalue weighted by atomic mass is 35.5. The molecular weight excluding hydrogens is 463 g/mol. The van der Waals surface area contributed by atoms with Gasteiger partial charge in [-0.15, -0.1) is 0 Å². The molecule has 0 unspecified atom stereocenters. The Morgan fingerprint density at radius 1 is 1.03 bits per heavy atom. The molecule has 0 spiro atoms. The normalized spacial score (nSPS) is 10.8. The summed E-state index contributed by atoms with van der Waals surface area (Å²) in [4.78, 5) is 26.0. The van der Waals surface area contributed by atoms with Crippen LogP contribution < -0.4 is 14.9 Å². The van der Waals surface area contributed by atoms with Crippen molar-refractivity contribution in [2.75, 3.05) is 13.7 Å². The first-order valence-electron chi connectivity index (χ1n) is 10.4. The lowest BCUT2D eigenvalue weighted by Crippen LogP contribution is -2.15. The number of hydrogen-bond donors (Lipinski definition) is 0. The molecule has 0 aliphatic heterocycles. The second-order valence-electron chi connectivity index (χ2n) is 7.27. The predicted molar refractivity (Wildman–Crippen MR) is 126 cm³/mol. The molecule has 1 aromatic heterocycles. The smallest absolute Gasteiger partial charge is 0.375 e. The average molecular weight is 483 g/mol. The third kappa shape index (κ3) is 4.75. The Morgan fingerprint density at radius 2 is 1.76 bits per heavy atom. The number of rotatable bonds is 7. The molecule has 174 valence electrons. The highest BCUT2D eigenvalue weighted by Crippen LogP contribution is 2.29. The van der Waals surface area contributed by atoms with Crippen molar-refractivity contribution >= 4 is 28.5 Å². The van der Waals surface area contributed by atoms with Gasteiger partial charge in [0.25, 0.3) is 0 Å². The first-order valence-corrected chi connectivity index (χ1v) is 10.8. The van der Waals surface area contributed by atoms with Crippen molar-refractivity contribution < 1.29 is 27.8 Å². The summed E-state index contributed by atoms with van der Waals surface area (Å²) in [5.41, 5.74) is 0.952. The van der Waals surface area contributed by atoms with Gasteiger partial charge in [0.05, 0.1) is 29.7 Å². The Morgan fingerprint density at radius 3 is 2.44 bits per heavy atom. The van der Waals surface area contributed by atoms with Crippen LogP contribution >= 0.6 is 11.6 Å². The summed E-state index contributed by atoms with van der Waals surface area (Å²) in [7, 11) is 1.53. The van der Waals surface area contributed by atoms with Gasteiger partial charge in [-0.05, 0) is 48.9 Å². The standard InChI is InChI=1S/C26H20ClFO6/c1-3-32-26(30)25-23(15-5-8-18(31-2)9-6-15)24(29)20-11-10-19(13-22(20)34-25)33-14-16-4-7-17(28)12-21(16)27/h4-13H,3,14H2,1-2H3. The van der Waals surface area contributed by atoms with Gasteiger partial charge in [0.1, 0.15) is 29.5 Å². The Balaban J connectivity index is 1.76. The van der Waals surface area contributed by atoms with Gasteiger partial charge in [-0.25, -0.2) is 9.18 Å². The van der Waals surface area contributed by atoms with Gasteiger partial charge in [0.2, 0.25) is 11.2 Å². The van der Waals surface area contributed by atoms with E-state index < -0.39 is 11.8 Å². The topological polar surface area (TPSA) is 75.0 Å². The second-order valence-corrected chi connectivity index (χ2v) is 7.67. The third-order valence-electron chi connectivity index (χ3n) is 5.11. The van der Waals surface area contributed by atoms with E-state index in [1.54, 1.807) is 43.3 Å². The molecule has 1 heterocycles. The van der Waals surface area contributed by atoms with Crippen LogP contribution in [0.15, 0.2) is 69.9 Å². The maximum atomic E-state index is 13.4. The van der Waals surface area contributed by atoms with Crippen molar-refractivity contribution in [3.63, 3.8) is 0 Å². The number of ether oxygens (including phenoxy) is 3. The molecular formula is C26H20ClFO6. The van der Waals surface area contributed by atoms with Crippen LogP contribution in [0.3, 0.4) is 0 Å². The molecule has 8 heteroatoms. The van der Waals surface area contributed by atoms with Crippen LogP contribution in [0.5, 0.6) is 11.5 Å². The maximum absolute atomic E-state index is 13.4. The molecule has 0 saturated carbocycles. The number of hydrogen-bond acceptors (Lipinski definition) is 6.